The summed E-state index contributed by atoms with van der Waals surface area (Å²) in [5.41, 5.74) is 0. The van der Waals surface area contributed by atoms with E-state index in [4.69, 9.17) is 30.0 Å². The first-order valence-corrected chi connectivity index (χ1v) is 4.83. The third-order valence-corrected chi connectivity index (χ3v) is 0.591. The SMILES string of the molecule is CC(=O)O.CC(=O)O.CCC(C)O.CCO. The summed E-state index contributed by atoms with van der Waals surface area (Å²) in [7, 11) is 0. The third-order valence-electron chi connectivity index (χ3n) is 0.591. The average molecular weight is 240 g/mol. The number of rotatable bonds is 1. The molecule has 100 valence electrons. The molecule has 1 unspecified atom stereocenters. The van der Waals surface area contributed by atoms with E-state index in [1.807, 2.05) is 6.92 Å². The molecular weight excluding hydrogens is 216 g/mol. The minimum absolute atomic E-state index is 0.116. The van der Waals surface area contributed by atoms with Gasteiger partial charge in [0.05, 0.1) is 6.10 Å². The van der Waals surface area contributed by atoms with Crippen molar-refractivity contribution >= 4 is 11.9 Å². The average Bonchev–Trinajstić information content (AvgIpc) is 2.03. The number of aliphatic hydroxyl groups is 2. The molecule has 0 aromatic rings. The molecule has 1 atom stereocenters. The standard InChI is InChI=1S/C4H10O.2C2H4O2.C2H6O/c1-3-4(2)5;2*1-2(3)4;1-2-3/h4-5H,3H2,1-2H3;2*1H3,(H,3,4);3H,2H2,1H3. The van der Waals surface area contributed by atoms with Crippen LogP contribution in [-0.4, -0.2) is 45.1 Å². The summed E-state index contributed by atoms with van der Waals surface area (Å²) in [4.78, 5) is 18.0. The summed E-state index contributed by atoms with van der Waals surface area (Å²) in [5.74, 6) is -1.67. The number of hydrogen-bond acceptors (Lipinski definition) is 4. The second kappa shape index (κ2) is 23.6. The number of carboxylic acid groups (broad SMARTS) is 2. The molecule has 0 bridgehead atoms. The molecule has 0 spiro atoms. The molecule has 0 aliphatic rings. The fraction of sp³-hybridized carbons (Fsp3) is 0.800. The summed E-state index contributed by atoms with van der Waals surface area (Å²) < 4.78 is 0. The Balaban J connectivity index is -0.0000000610. The van der Waals surface area contributed by atoms with Crippen LogP contribution in [0, 0.1) is 0 Å². The van der Waals surface area contributed by atoms with Gasteiger partial charge in [0.1, 0.15) is 0 Å². The van der Waals surface area contributed by atoms with Gasteiger partial charge in [-0.25, -0.2) is 0 Å². The van der Waals surface area contributed by atoms with Crippen molar-refractivity contribution in [1.29, 1.82) is 0 Å². The van der Waals surface area contributed by atoms with Crippen molar-refractivity contribution in [2.24, 2.45) is 0 Å². The molecule has 6 nitrogen and oxygen atoms in total. The molecule has 0 saturated carbocycles. The van der Waals surface area contributed by atoms with Gasteiger partial charge in [-0.1, -0.05) is 6.92 Å². The van der Waals surface area contributed by atoms with Gasteiger partial charge in [0, 0.05) is 20.5 Å². The van der Waals surface area contributed by atoms with E-state index in [9.17, 15) is 0 Å². The molecule has 0 aromatic heterocycles. The minimum Gasteiger partial charge on any atom is -0.481 e. The van der Waals surface area contributed by atoms with Gasteiger partial charge in [-0.3, -0.25) is 9.59 Å². The van der Waals surface area contributed by atoms with Crippen LogP contribution in [-0.2, 0) is 9.59 Å². The predicted molar refractivity (Wildman–Crippen MR) is 61.4 cm³/mol. The van der Waals surface area contributed by atoms with Crippen LogP contribution in [0.5, 0.6) is 0 Å². The Morgan fingerprint density at radius 3 is 1.12 bits per heavy atom. The Morgan fingerprint density at radius 1 is 1.06 bits per heavy atom. The summed E-state index contributed by atoms with van der Waals surface area (Å²) >= 11 is 0. The Labute approximate surface area is 96.5 Å². The van der Waals surface area contributed by atoms with E-state index in [1.165, 1.54) is 0 Å². The van der Waals surface area contributed by atoms with E-state index < -0.39 is 11.9 Å². The third kappa shape index (κ3) is 2450. The minimum atomic E-state index is -0.833. The highest BCUT2D eigenvalue weighted by molar-refractivity contribution is 5.63. The molecule has 6 heteroatoms. The highest BCUT2D eigenvalue weighted by atomic mass is 16.4. The zero-order chi connectivity index (χ0) is 14.1. The van der Waals surface area contributed by atoms with Gasteiger partial charge in [0.2, 0.25) is 0 Å². The fourth-order valence-corrected chi connectivity index (χ4v) is 0. The summed E-state index contributed by atoms with van der Waals surface area (Å²) in [6, 6.07) is 0. The summed E-state index contributed by atoms with van der Waals surface area (Å²) in [6.07, 6.45) is 0.745. The van der Waals surface area contributed by atoms with Crippen LogP contribution < -0.4 is 0 Å². The molecule has 0 saturated heterocycles. The van der Waals surface area contributed by atoms with E-state index in [1.54, 1.807) is 13.8 Å². The maximum Gasteiger partial charge on any atom is 0.300 e. The molecule has 0 fully saturated rings. The normalized spacial score (nSPS) is 8.94. The van der Waals surface area contributed by atoms with Crippen molar-refractivity contribution < 1.29 is 30.0 Å². The molecule has 0 aromatic carbocycles. The Morgan fingerprint density at radius 2 is 1.12 bits per heavy atom. The van der Waals surface area contributed by atoms with Crippen LogP contribution >= 0.6 is 0 Å². The largest absolute Gasteiger partial charge is 0.481 e. The van der Waals surface area contributed by atoms with Crippen LogP contribution in [0.2, 0.25) is 0 Å². The maximum atomic E-state index is 9.00. The van der Waals surface area contributed by atoms with Crippen molar-refractivity contribution in [3.8, 4) is 0 Å². The first-order valence-electron chi connectivity index (χ1n) is 4.83. The highest BCUT2D eigenvalue weighted by Crippen LogP contribution is 1.81. The van der Waals surface area contributed by atoms with Crippen LogP contribution in [0.15, 0.2) is 0 Å². The quantitative estimate of drug-likeness (QED) is 0.542. The van der Waals surface area contributed by atoms with Crippen molar-refractivity contribution in [3.63, 3.8) is 0 Å². The molecule has 4 N–H and O–H groups in total. The smallest absolute Gasteiger partial charge is 0.300 e. The number of hydrogen-bond donors (Lipinski definition) is 4. The van der Waals surface area contributed by atoms with Crippen LogP contribution in [0.1, 0.15) is 41.0 Å². The van der Waals surface area contributed by atoms with Crippen LogP contribution in [0.4, 0.5) is 0 Å². The first kappa shape index (κ1) is 24.2. The maximum absolute atomic E-state index is 9.00. The van der Waals surface area contributed by atoms with E-state index >= 15 is 0 Å². The van der Waals surface area contributed by atoms with Gasteiger partial charge in [0.25, 0.3) is 11.9 Å². The lowest BCUT2D eigenvalue weighted by molar-refractivity contribution is -0.135. The molecule has 0 heterocycles. The highest BCUT2D eigenvalue weighted by Gasteiger charge is 1.81. The molecule has 16 heavy (non-hydrogen) atoms. The first-order chi connectivity index (χ1) is 7.15. The summed E-state index contributed by atoms with van der Waals surface area (Å²) in [6.45, 7) is 7.82. The number of carbonyl (C=O) groups is 2. The topological polar surface area (TPSA) is 115 Å². The molecule has 0 rings (SSSR count). The van der Waals surface area contributed by atoms with E-state index in [0.29, 0.717) is 0 Å². The lowest BCUT2D eigenvalue weighted by Gasteiger charge is -1.90. The van der Waals surface area contributed by atoms with Gasteiger partial charge in [-0.2, -0.15) is 0 Å². The zero-order valence-corrected chi connectivity index (χ0v) is 10.6. The zero-order valence-electron chi connectivity index (χ0n) is 10.6. The van der Waals surface area contributed by atoms with E-state index in [2.05, 4.69) is 0 Å². The van der Waals surface area contributed by atoms with Gasteiger partial charge in [-0.15, -0.1) is 0 Å². The van der Waals surface area contributed by atoms with E-state index in [-0.39, 0.29) is 12.7 Å². The number of aliphatic carboxylic acids is 2. The molecule has 0 radical (unpaired) electrons. The summed E-state index contributed by atoms with van der Waals surface area (Å²) in [5, 5.41) is 30.8. The predicted octanol–water partition coefficient (Wildman–Crippen LogP) is 0.958. The van der Waals surface area contributed by atoms with E-state index in [0.717, 1.165) is 20.3 Å². The van der Waals surface area contributed by atoms with Crippen molar-refractivity contribution in [2.45, 2.75) is 47.1 Å². The molecule has 0 amide bonds. The fourth-order valence-electron chi connectivity index (χ4n) is 0. The van der Waals surface area contributed by atoms with Crippen LogP contribution in [0.25, 0.3) is 0 Å². The molecule has 0 aliphatic heterocycles. The second-order valence-electron chi connectivity index (χ2n) is 2.61. The van der Waals surface area contributed by atoms with Crippen molar-refractivity contribution in [2.75, 3.05) is 6.61 Å². The lowest BCUT2D eigenvalue weighted by atomic mass is 10.3. The van der Waals surface area contributed by atoms with Gasteiger partial charge in [-0.05, 0) is 20.3 Å². The Kier molecular flexibility index (Phi) is 35.7. The second-order valence-corrected chi connectivity index (χ2v) is 2.61. The number of aliphatic hydroxyl groups excluding tert-OH is 2. The van der Waals surface area contributed by atoms with Crippen molar-refractivity contribution in [1.82, 2.24) is 0 Å². The molecule has 0 aliphatic carbocycles. The molecular formula is C10H24O6. The monoisotopic (exact) mass is 240 g/mol. The lowest BCUT2D eigenvalue weighted by Crippen LogP contribution is -1.93. The number of carboxylic acids is 2. The van der Waals surface area contributed by atoms with Gasteiger partial charge >= 0.3 is 0 Å². The van der Waals surface area contributed by atoms with Gasteiger partial charge < -0.3 is 20.4 Å². The Hall–Kier alpha value is -1.14. The van der Waals surface area contributed by atoms with Crippen LogP contribution in [0.3, 0.4) is 0 Å². The Bertz CT molecular complexity index is 124. The van der Waals surface area contributed by atoms with Crippen molar-refractivity contribution in [3.05, 3.63) is 0 Å². The van der Waals surface area contributed by atoms with Gasteiger partial charge in [0.15, 0.2) is 0 Å².